The summed E-state index contributed by atoms with van der Waals surface area (Å²) in [5.74, 6) is 0. The fourth-order valence-corrected chi connectivity index (χ4v) is 0. The van der Waals surface area contributed by atoms with E-state index in [2.05, 4.69) is 13.2 Å². The fraction of sp³-hybridized carbons (Fsp3) is 0.333. The predicted octanol–water partition coefficient (Wildman–Crippen LogP) is 3.36. The predicted molar refractivity (Wildman–Crippen MR) is 37.4 cm³/mol. The van der Waals surface area contributed by atoms with Crippen LogP contribution in [-0.2, 0) is 0 Å². The Hall–Kier alpha value is 0.900. The quantitative estimate of drug-likeness (QED) is 0.397. The number of hydrogen-bond donors (Lipinski definition) is 0. The van der Waals surface area contributed by atoms with Gasteiger partial charge in [0.05, 0.1) is 0 Å². The second-order valence-electron chi connectivity index (χ2n) is 0.429. The Bertz CT molecular complexity index is 30.7. The Kier molecular flexibility index (Phi) is 7.79. The molecule has 0 unspecified atom stereocenters. The molecule has 0 rings (SSSR count). The fourth-order valence-electron chi connectivity index (χ4n) is 0. The summed E-state index contributed by atoms with van der Waals surface area (Å²) in [6, 6.07) is 0. The lowest BCUT2D eigenvalue weighted by molar-refractivity contribution is 1.76. The van der Waals surface area contributed by atoms with Gasteiger partial charge >= 0.3 is 0 Å². The first-order chi connectivity index (χ1) is 3.00. The molecule has 0 aliphatic heterocycles. The van der Waals surface area contributed by atoms with Crippen molar-refractivity contribution in [2.75, 3.05) is 0 Å². The topological polar surface area (TPSA) is 0 Å². The van der Waals surface area contributed by atoms with E-state index in [9.17, 15) is 0 Å². The summed E-state index contributed by atoms with van der Waals surface area (Å²) in [5.41, 5.74) is 0. The largest absolute Gasteiger partial charge is 0.266 e. The van der Waals surface area contributed by atoms with E-state index in [-0.39, 0.29) is 0 Å². The van der Waals surface area contributed by atoms with Crippen molar-refractivity contribution in [2.45, 2.75) is 3.25 Å². The van der Waals surface area contributed by atoms with Crippen molar-refractivity contribution in [3.63, 3.8) is 0 Å². The average Bonchev–Trinajstić information content (AvgIpc) is 1.36. The van der Waals surface area contributed by atoms with Gasteiger partial charge in [-0.3, -0.25) is 0 Å². The lowest BCUT2D eigenvalue weighted by Crippen LogP contribution is -1.81. The van der Waals surface area contributed by atoms with Gasteiger partial charge in [0, 0.05) is 0 Å². The zero-order valence-electron chi connectivity index (χ0n) is 3.43. The standard InChI is InChI=1S/C2H4.CCl4/c1-2;2-1(3,4)5/h1-2H2;. The molecule has 0 nitrogen and oxygen atoms in total. The Balaban J connectivity index is 0. The zero-order valence-corrected chi connectivity index (χ0v) is 6.45. The van der Waals surface area contributed by atoms with Crippen LogP contribution in [0.1, 0.15) is 0 Å². The van der Waals surface area contributed by atoms with Gasteiger partial charge in [0.25, 0.3) is 3.25 Å². The SMILES string of the molecule is C=C.ClC(Cl)(Cl)Cl. The van der Waals surface area contributed by atoms with Crippen molar-refractivity contribution in [1.82, 2.24) is 0 Å². The lowest BCUT2D eigenvalue weighted by Gasteiger charge is -1.91. The van der Waals surface area contributed by atoms with Crippen LogP contribution in [-0.4, -0.2) is 3.25 Å². The molecule has 0 N–H and O–H groups in total. The third-order valence-corrected chi connectivity index (χ3v) is 0. The lowest BCUT2D eigenvalue weighted by atomic mass is 11.3. The highest BCUT2D eigenvalue weighted by molar-refractivity contribution is 6.83. The minimum absolute atomic E-state index is 1.61. The number of hydrogen-bond acceptors (Lipinski definition) is 0. The van der Waals surface area contributed by atoms with Gasteiger partial charge < -0.3 is 0 Å². The molecule has 0 fully saturated rings. The van der Waals surface area contributed by atoms with Gasteiger partial charge in [-0.2, -0.15) is 0 Å². The van der Waals surface area contributed by atoms with Crippen LogP contribution in [0.4, 0.5) is 0 Å². The minimum Gasteiger partial charge on any atom is -0.106 e. The van der Waals surface area contributed by atoms with Gasteiger partial charge in [-0.25, -0.2) is 0 Å². The van der Waals surface area contributed by atoms with Crippen LogP contribution in [0.2, 0.25) is 0 Å². The Morgan fingerprint density at radius 3 is 0.857 bits per heavy atom. The molecule has 4 heteroatoms. The molecule has 0 aromatic rings. The zero-order chi connectivity index (χ0) is 6.50. The van der Waals surface area contributed by atoms with Gasteiger partial charge in [0.15, 0.2) is 0 Å². The van der Waals surface area contributed by atoms with Gasteiger partial charge in [-0.15, -0.1) is 13.2 Å². The van der Waals surface area contributed by atoms with Crippen LogP contribution in [0.3, 0.4) is 0 Å². The summed E-state index contributed by atoms with van der Waals surface area (Å²) < 4.78 is -1.61. The number of halogens is 4. The molecule has 0 atom stereocenters. The number of rotatable bonds is 0. The van der Waals surface area contributed by atoms with Crippen molar-refractivity contribution in [2.24, 2.45) is 0 Å². The highest BCUT2D eigenvalue weighted by Gasteiger charge is 2.11. The Morgan fingerprint density at radius 1 is 0.857 bits per heavy atom. The molecule has 0 aromatic carbocycles. The van der Waals surface area contributed by atoms with E-state index in [0.29, 0.717) is 0 Å². The molecule has 0 bridgehead atoms. The molecular weight excluding hydrogens is 178 g/mol. The summed E-state index contributed by atoms with van der Waals surface area (Å²) in [7, 11) is 0. The first-order valence-corrected chi connectivity index (χ1v) is 2.77. The molecule has 0 aromatic heterocycles. The van der Waals surface area contributed by atoms with Gasteiger partial charge in [-0.1, -0.05) is 46.4 Å². The highest BCUT2D eigenvalue weighted by atomic mass is 35.6. The Labute approximate surface area is 63.0 Å². The molecule has 0 heterocycles. The molecule has 0 saturated heterocycles. The van der Waals surface area contributed by atoms with Crippen molar-refractivity contribution < 1.29 is 0 Å². The van der Waals surface area contributed by atoms with Crippen molar-refractivity contribution >= 4 is 46.4 Å². The van der Waals surface area contributed by atoms with E-state index in [1.54, 1.807) is 0 Å². The van der Waals surface area contributed by atoms with E-state index in [0.717, 1.165) is 0 Å². The summed E-state index contributed by atoms with van der Waals surface area (Å²) in [5, 5.41) is 0. The van der Waals surface area contributed by atoms with E-state index < -0.39 is 3.25 Å². The molecule has 0 aliphatic carbocycles. The van der Waals surface area contributed by atoms with E-state index in [1.165, 1.54) is 0 Å². The van der Waals surface area contributed by atoms with Crippen LogP contribution < -0.4 is 0 Å². The van der Waals surface area contributed by atoms with Crippen molar-refractivity contribution in [1.29, 1.82) is 0 Å². The van der Waals surface area contributed by atoms with Crippen LogP contribution in [0, 0.1) is 0 Å². The molecule has 0 saturated carbocycles. The number of alkyl halides is 4. The van der Waals surface area contributed by atoms with Crippen LogP contribution >= 0.6 is 46.4 Å². The minimum atomic E-state index is -1.61. The van der Waals surface area contributed by atoms with Crippen LogP contribution in [0.25, 0.3) is 0 Å². The maximum atomic E-state index is 4.83. The summed E-state index contributed by atoms with van der Waals surface area (Å²) in [6.45, 7) is 6.00. The second-order valence-corrected chi connectivity index (χ2v) is 3.86. The first kappa shape index (κ1) is 10.8. The normalized spacial score (nSPS) is 9.14. The maximum absolute atomic E-state index is 4.83. The molecule has 0 amide bonds. The third kappa shape index (κ3) is 205. The maximum Gasteiger partial charge on any atom is 0.266 e. The molecule has 0 aliphatic rings. The average molecular weight is 182 g/mol. The molecule has 0 spiro atoms. The summed E-state index contributed by atoms with van der Waals surface area (Å²) >= 11 is 19.3. The smallest absolute Gasteiger partial charge is 0.106 e. The van der Waals surface area contributed by atoms with E-state index >= 15 is 0 Å². The molecule has 44 valence electrons. The monoisotopic (exact) mass is 180 g/mol. The summed E-state index contributed by atoms with van der Waals surface area (Å²) in [4.78, 5) is 0. The van der Waals surface area contributed by atoms with Gasteiger partial charge in [0.2, 0.25) is 0 Å². The van der Waals surface area contributed by atoms with E-state index in [4.69, 9.17) is 46.4 Å². The molecular formula is C3H4Cl4. The van der Waals surface area contributed by atoms with Crippen LogP contribution in [0.15, 0.2) is 13.2 Å². The molecule has 0 radical (unpaired) electrons. The van der Waals surface area contributed by atoms with Crippen molar-refractivity contribution in [3.8, 4) is 0 Å². The second kappa shape index (κ2) is 5.04. The first-order valence-electron chi connectivity index (χ1n) is 1.26. The molecule has 7 heavy (non-hydrogen) atoms. The van der Waals surface area contributed by atoms with E-state index in [1.807, 2.05) is 0 Å². The van der Waals surface area contributed by atoms with Gasteiger partial charge in [-0.05, 0) is 0 Å². The highest BCUT2D eigenvalue weighted by Crippen LogP contribution is 2.29. The third-order valence-electron chi connectivity index (χ3n) is 0. The summed E-state index contributed by atoms with van der Waals surface area (Å²) in [6.07, 6.45) is 0. The van der Waals surface area contributed by atoms with Crippen LogP contribution in [0.5, 0.6) is 0 Å². The van der Waals surface area contributed by atoms with Gasteiger partial charge in [0.1, 0.15) is 0 Å². The Morgan fingerprint density at radius 2 is 0.857 bits per heavy atom. The van der Waals surface area contributed by atoms with Crippen molar-refractivity contribution in [3.05, 3.63) is 13.2 Å².